The highest BCUT2D eigenvalue weighted by Gasteiger charge is 2.61. The molecule has 12 heteroatoms. The SMILES string of the molecule is O=C(c1ccn(COc2ccc(Cl)cc2Cl)n1)N1N=CC[C@@]1(O)C(F)(F)F. The van der Waals surface area contributed by atoms with E-state index in [1.54, 1.807) is 6.07 Å². The molecule has 2 aromatic rings. The third kappa shape index (κ3) is 3.73. The van der Waals surface area contributed by atoms with Crippen LogP contribution in [0.3, 0.4) is 0 Å². The van der Waals surface area contributed by atoms with Crippen molar-refractivity contribution in [1.29, 1.82) is 0 Å². The molecule has 0 aliphatic carbocycles. The Labute approximate surface area is 160 Å². The van der Waals surface area contributed by atoms with Gasteiger partial charge >= 0.3 is 6.18 Å². The van der Waals surface area contributed by atoms with Crippen molar-refractivity contribution < 1.29 is 27.8 Å². The van der Waals surface area contributed by atoms with E-state index in [2.05, 4.69) is 10.2 Å². The Bertz CT molecular complexity index is 903. The summed E-state index contributed by atoms with van der Waals surface area (Å²) in [6.45, 7) is -0.165. The molecule has 0 spiro atoms. The van der Waals surface area contributed by atoms with Crippen LogP contribution in [0.1, 0.15) is 16.9 Å². The summed E-state index contributed by atoms with van der Waals surface area (Å²) in [5, 5.41) is 17.6. The molecule has 0 saturated heterocycles. The molecule has 7 nitrogen and oxygen atoms in total. The number of hydrogen-bond donors (Lipinski definition) is 1. The maximum Gasteiger partial charge on any atom is 0.438 e. The van der Waals surface area contributed by atoms with Crippen molar-refractivity contribution in [3.8, 4) is 5.75 Å². The lowest BCUT2D eigenvalue weighted by atomic mass is 10.1. The van der Waals surface area contributed by atoms with Gasteiger partial charge in [-0.05, 0) is 24.3 Å². The largest absolute Gasteiger partial charge is 0.470 e. The highest BCUT2D eigenvalue weighted by atomic mass is 35.5. The fourth-order valence-electron chi connectivity index (χ4n) is 2.27. The third-order valence-corrected chi connectivity index (χ3v) is 4.21. The summed E-state index contributed by atoms with van der Waals surface area (Å²) in [5.41, 5.74) is -3.75. The molecule has 3 rings (SSSR count). The van der Waals surface area contributed by atoms with E-state index in [0.717, 1.165) is 6.21 Å². The lowest BCUT2D eigenvalue weighted by molar-refractivity contribution is -0.297. The monoisotopic (exact) mass is 422 g/mol. The number of hydrogen-bond acceptors (Lipinski definition) is 5. The number of hydrazone groups is 1. The lowest BCUT2D eigenvalue weighted by Gasteiger charge is -2.32. The van der Waals surface area contributed by atoms with E-state index in [0.29, 0.717) is 10.8 Å². The number of nitrogens with zero attached hydrogens (tertiary/aromatic N) is 4. The van der Waals surface area contributed by atoms with Crippen molar-refractivity contribution in [2.45, 2.75) is 25.1 Å². The van der Waals surface area contributed by atoms with E-state index in [-0.39, 0.29) is 22.5 Å². The number of ether oxygens (including phenoxy) is 1. The molecule has 1 aromatic heterocycles. The van der Waals surface area contributed by atoms with Gasteiger partial charge in [-0.3, -0.25) is 4.79 Å². The maximum absolute atomic E-state index is 13.1. The molecule has 1 aliphatic rings. The van der Waals surface area contributed by atoms with Gasteiger partial charge in [0.2, 0.25) is 0 Å². The van der Waals surface area contributed by atoms with E-state index in [1.807, 2.05) is 0 Å². The van der Waals surface area contributed by atoms with Crippen LogP contribution in [0.15, 0.2) is 35.6 Å². The van der Waals surface area contributed by atoms with Crippen LogP contribution in [-0.2, 0) is 6.73 Å². The first-order chi connectivity index (χ1) is 12.6. The van der Waals surface area contributed by atoms with Gasteiger partial charge in [0.25, 0.3) is 11.6 Å². The van der Waals surface area contributed by atoms with Gasteiger partial charge in [-0.25, -0.2) is 4.68 Å². The second-order valence-electron chi connectivity index (χ2n) is 5.52. The standard InChI is InChI=1S/C15H11Cl2F3N4O3/c16-9-1-2-12(10(17)7-9)27-8-23-6-3-11(22-23)13(25)24-14(26,4-5-21-24)15(18,19)20/h1-3,5-7,26H,4,8H2/t14-/m1/s1. The minimum absolute atomic E-state index is 0.0312. The van der Waals surface area contributed by atoms with E-state index >= 15 is 0 Å². The molecule has 0 radical (unpaired) electrons. The van der Waals surface area contributed by atoms with Crippen molar-refractivity contribution in [2.75, 3.05) is 0 Å². The first kappa shape index (κ1) is 19.5. The van der Waals surface area contributed by atoms with Gasteiger partial charge in [0.15, 0.2) is 12.4 Å². The Morgan fingerprint density at radius 2 is 2.07 bits per heavy atom. The highest BCUT2D eigenvalue weighted by Crippen LogP contribution is 2.39. The minimum atomic E-state index is -5.07. The van der Waals surface area contributed by atoms with Gasteiger partial charge in [-0.15, -0.1) is 0 Å². The molecule has 1 N–H and O–H groups in total. The zero-order chi connectivity index (χ0) is 19.8. The average molecular weight is 423 g/mol. The topological polar surface area (TPSA) is 80.0 Å². The number of benzene rings is 1. The number of carbonyl (C=O) groups excluding carboxylic acids is 1. The average Bonchev–Trinajstić information content (AvgIpc) is 3.20. The molecule has 0 saturated carbocycles. The quantitative estimate of drug-likeness (QED) is 0.819. The Kier molecular flexibility index (Phi) is 5.06. The van der Waals surface area contributed by atoms with Gasteiger partial charge < -0.3 is 9.84 Å². The molecule has 0 bridgehead atoms. The number of halogens is 5. The molecule has 1 atom stereocenters. The van der Waals surface area contributed by atoms with E-state index in [9.17, 15) is 23.1 Å². The van der Waals surface area contributed by atoms with Crippen LogP contribution < -0.4 is 4.74 Å². The smallest absolute Gasteiger partial charge is 0.438 e. The van der Waals surface area contributed by atoms with Crippen LogP contribution in [0.2, 0.25) is 10.0 Å². The van der Waals surface area contributed by atoms with Crippen LogP contribution in [0.4, 0.5) is 13.2 Å². The minimum Gasteiger partial charge on any atom is -0.470 e. The Balaban J connectivity index is 1.72. The van der Waals surface area contributed by atoms with Gasteiger partial charge in [-0.1, -0.05) is 23.2 Å². The Morgan fingerprint density at radius 3 is 2.74 bits per heavy atom. The third-order valence-electron chi connectivity index (χ3n) is 3.68. The van der Waals surface area contributed by atoms with Crippen LogP contribution >= 0.6 is 23.2 Å². The summed E-state index contributed by atoms with van der Waals surface area (Å²) < 4.78 is 45.8. The Morgan fingerprint density at radius 1 is 1.33 bits per heavy atom. The van der Waals surface area contributed by atoms with E-state index in [1.165, 1.54) is 29.1 Å². The normalized spacial score (nSPS) is 19.6. The van der Waals surface area contributed by atoms with Gasteiger partial charge in [0.05, 0.1) is 5.02 Å². The first-order valence-electron chi connectivity index (χ1n) is 7.39. The fourth-order valence-corrected chi connectivity index (χ4v) is 2.74. The molecule has 1 aromatic carbocycles. The van der Waals surface area contributed by atoms with Crippen molar-refractivity contribution in [1.82, 2.24) is 14.8 Å². The number of aliphatic hydroxyl groups is 1. The second-order valence-corrected chi connectivity index (χ2v) is 6.37. The number of rotatable bonds is 4. The van der Waals surface area contributed by atoms with Gasteiger partial charge in [0, 0.05) is 23.9 Å². The summed E-state index contributed by atoms with van der Waals surface area (Å²) >= 11 is 11.7. The molecule has 0 fully saturated rings. The van der Waals surface area contributed by atoms with Crippen molar-refractivity contribution in [3.05, 3.63) is 46.2 Å². The van der Waals surface area contributed by atoms with Crippen LogP contribution in [-0.4, -0.2) is 43.9 Å². The number of carbonyl (C=O) groups is 1. The van der Waals surface area contributed by atoms with Crippen LogP contribution in [0.5, 0.6) is 5.75 Å². The molecule has 1 aliphatic heterocycles. The predicted molar refractivity (Wildman–Crippen MR) is 89.6 cm³/mol. The predicted octanol–water partition coefficient (Wildman–Crippen LogP) is 3.31. The zero-order valence-corrected chi connectivity index (χ0v) is 14.8. The van der Waals surface area contributed by atoms with Crippen molar-refractivity contribution >= 4 is 35.3 Å². The second kappa shape index (κ2) is 7.02. The number of aromatic nitrogens is 2. The summed E-state index contributed by atoms with van der Waals surface area (Å²) in [6.07, 6.45) is -3.80. The zero-order valence-electron chi connectivity index (χ0n) is 13.3. The maximum atomic E-state index is 13.1. The summed E-state index contributed by atoms with van der Waals surface area (Å²) in [7, 11) is 0. The number of alkyl halides is 3. The fraction of sp³-hybridized carbons (Fsp3) is 0.267. The van der Waals surface area contributed by atoms with E-state index < -0.39 is 24.2 Å². The molecular weight excluding hydrogens is 412 g/mol. The first-order valence-corrected chi connectivity index (χ1v) is 8.15. The summed E-state index contributed by atoms with van der Waals surface area (Å²) in [6, 6.07) is 5.74. The van der Waals surface area contributed by atoms with Crippen molar-refractivity contribution in [3.63, 3.8) is 0 Å². The van der Waals surface area contributed by atoms with E-state index in [4.69, 9.17) is 27.9 Å². The van der Waals surface area contributed by atoms with Gasteiger partial charge in [-0.2, -0.15) is 28.4 Å². The molecular formula is C15H11Cl2F3N4O3. The summed E-state index contributed by atoms with van der Waals surface area (Å²) in [4.78, 5) is 12.3. The molecule has 144 valence electrons. The Hall–Kier alpha value is -2.30. The molecule has 2 heterocycles. The van der Waals surface area contributed by atoms with Gasteiger partial charge in [0.1, 0.15) is 5.75 Å². The van der Waals surface area contributed by atoms with Crippen LogP contribution in [0, 0.1) is 0 Å². The highest BCUT2D eigenvalue weighted by molar-refractivity contribution is 6.35. The molecule has 27 heavy (non-hydrogen) atoms. The number of amides is 1. The van der Waals surface area contributed by atoms with Crippen molar-refractivity contribution in [2.24, 2.45) is 5.10 Å². The summed E-state index contributed by atoms with van der Waals surface area (Å²) in [5.74, 6) is -0.896. The molecule has 1 amide bonds. The lowest BCUT2D eigenvalue weighted by Crippen LogP contribution is -2.56. The molecule has 0 unspecified atom stereocenters. The van der Waals surface area contributed by atoms with Crippen LogP contribution in [0.25, 0.3) is 0 Å².